The highest BCUT2D eigenvalue weighted by molar-refractivity contribution is 5.76. The van der Waals surface area contributed by atoms with E-state index >= 15 is 0 Å². The zero-order valence-corrected chi connectivity index (χ0v) is 40.7. The van der Waals surface area contributed by atoms with Gasteiger partial charge >= 0.3 is 0 Å². The average Bonchev–Trinajstić information content (AvgIpc) is 3.25. The van der Waals surface area contributed by atoms with Crippen molar-refractivity contribution in [1.29, 1.82) is 0 Å². The molecule has 2 unspecified atom stereocenters. The van der Waals surface area contributed by atoms with Gasteiger partial charge in [-0.25, -0.2) is 0 Å². The molecular weight excluding hydrogens is 735 g/mol. The first kappa shape index (κ1) is 58.6. The smallest absolute Gasteiger partial charge is 0.220 e. The summed E-state index contributed by atoms with van der Waals surface area (Å²) in [4.78, 5) is 12.4. The molecule has 3 N–H and O–H groups in total. The summed E-state index contributed by atoms with van der Waals surface area (Å²) in [6.45, 7) is 4.32. The van der Waals surface area contributed by atoms with Gasteiger partial charge in [0.05, 0.1) is 18.8 Å². The summed E-state index contributed by atoms with van der Waals surface area (Å²) in [5.74, 6) is -0.0701. The fraction of sp³-hybridized carbons (Fsp3) is 0.875. The second-order valence-corrected chi connectivity index (χ2v) is 18.6. The molecule has 0 bridgehead atoms. The van der Waals surface area contributed by atoms with E-state index in [1.807, 2.05) is 6.08 Å². The Kier molecular flexibility index (Phi) is 50.8. The minimum atomic E-state index is -0.861. The molecule has 0 aromatic carbocycles. The van der Waals surface area contributed by atoms with Crippen molar-refractivity contribution in [2.24, 2.45) is 0 Å². The summed E-state index contributed by atoms with van der Waals surface area (Å²) < 4.78 is 0. The second kappa shape index (κ2) is 52.0. The Hall–Kier alpha value is -1.39. The average molecular weight is 842 g/mol. The number of hydrogen-bond acceptors (Lipinski definition) is 3. The number of hydrogen-bond donors (Lipinski definition) is 3. The fourth-order valence-corrected chi connectivity index (χ4v) is 8.43. The van der Waals surface area contributed by atoms with E-state index in [0.29, 0.717) is 6.42 Å². The number of allylic oxidation sites excluding steroid dienone is 5. The van der Waals surface area contributed by atoms with Gasteiger partial charge in [-0.2, -0.15) is 0 Å². The van der Waals surface area contributed by atoms with Crippen LogP contribution in [0.2, 0.25) is 0 Å². The molecule has 0 aromatic rings. The van der Waals surface area contributed by atoms with Crippen molar-refractivity contribution in [2.45, 2.75) is 309 Å². The van der Waals surface area contributed by atoms with Crippen LogP contribution in [0.25, 0.3) is 0 Å². The van der Waals surface area contributed by atoms with E-state index in [1.54, 1.807) is 6.08 Å². The number of nitrogens with one attached hydrogen (secondary N) is 1. The first-order valence-electron chi connectivity index (χ1n) is 27.2. The van der Waals surface area contributed by atoms with Gasteiger partial charge in [-0.1, -0.05) is 269 Å². The van der Waals surface area contributed by atoms with Gasteiger partial charge in [-0.3, -0.25) is 4.79 Å². The first-order valence-corrected chi connectivity index (χ1v) is 27.2. The monoisotopic (exact) mass is 842 g/mol. The Balaban J connectivity index is 3.49. The molecule has 0 saturated heterocycles. The molecule has 2 atom stereocenters. The van der Waals surface area contributed by atoms with E-state index in [2.05, 4.69) is 43.5 Å². The van der Waals surface area contributed by atoms with Crippen LogP contribution in [-0.2, 0) is 4.79 Å². The highest BCUT2D eigenvalue weighted by atomic mass is 16.3. The zero-order chi connectivity index (χ0) is 43.5. The van der Waals surface area contributed by atoms with Gasteiger partial charge in [-0.15, -0.1) is 0 Å². The van der Waals surface area contributed by atoms with Crippen LogP contribution in [0.5, 0.6) is 0 Å². The van der Waals surface area contributed by atoms with Gasteiger partial charge in [0.1, 0.15) is 0 Å². The van der Waals surface area contributed by atoms with Crippen LogP contribution < -0.4 is 5.32 Å². The summed E-state index contributed by atoms with van der Waals surface area (Å²) in [5.41, 5.74) is 0. The lowest BCUT2D eigenvalue weighted by atomic mass is 10.0. The van der Waals surface area contributed by atoms with E-state index in [-0.39, 0.29) is 12.5 Å². The van der Waals surface area contributed by atoms with E-state index < -0.39 is 12.1 Å². The predicted octanol–water partition coefficient (Wildman–Crippen LogP) is 17.7. The number of amides is 1. The minimum absolute atomic E-state index is 0.0701. The quantitative estimate of drug-likeness (QED) is 0.0422. The molecule has 0 rings (SSSR count). The molecule has 0 aromatic heterocycles. The molecule has 0 spiro atoms. The maximum Gasteiger partial charge on any atom is 0.220 e. The summed E-state index contributed by atoms with van der Waals surface area (Å²) in [5, 5.41) is 23.1. The largest absolute Gasteiger partial charge is 0.394 e. The Labute approximate surface area is 376 Å². The van der Waals surface area contributed by atoms with Gasteiger partial charge in [0.15, 0.2) is 0 Å². The number of aliphatic hydroxyl groups excluding tert-OH is 2. The highest BCUT2D eigenvalue weighted by Gasteiger charge is 2.18. The number of rotatable bonds is 50. The lowest BCUT2D eigenvalue weighted by molar-refractivity contribution is -0.123. The van der Waals surface area contributed by atoms with Crippen LogP contribution >= 0.6 is 0 Å². The topological polar surface area (TPSA) is 69.6 Å². The predicted molar refractivity (Wildman–Crippen MR) is 267 cm³/mol. The van der Waals surface area contributed by atoms with Crippen LogP contribution in [0.4, 0.5) is 0 Å². The number of aliphatic hydroxyl groups is 2. The molecule has 0 aliphatic rings. The lowest BCUT2D eigenvalue weighted by Gasteiger charge is -2.19. The fourth-order valence-electron chi connectivity index (χ4n) is 8.43. The Morgan fingerprint density at radius 1 is 0.383 bits per heavy atom. The first-order chi connectivity index (χ1) is 29.7. The van der Waals surface area contributed by atoms with E-state index in [1.165, 1.54) is 244 Å². The molecule has 4 nitrogen and oxygen atoms in total. The Bertz CT molecular complexity index is 912. The van der Waals surface area contributed by atoms with Crippen molar-refractivity contribution in [3.05, 3.63) is 36.5 Å². The Morgan fingerprint density at radius 2 is 0.650 bits per heavy atom. The van der Waals surface area contributed by atoms with Gasteiger partial charge in [0.2, 0.25) is 5.91 Å². The molecule has 0 aliphatic heterocycles. The van der Waals surface area contributed by atoms with Crippen molar-refractivity contribution in [1.82, 2.24) is 5.32 Å². The van der Waals surface area contributed by atoms with E-state index in [9.17, 15) is 15.0 Å². The van der Waals surface area contributed by atoms with Crippen molar-refractivity contribution in [3.63, 3.8) is 0 Å². The normalized spacial score (nSPS) is 13.1. The number of unbranched alkanes of at least 4 members (excludes halogenated alkanes) is 39. The molecule has 4 heteroatoms. The van der Waals surface area contributed by atoms with E-state index in [0.717, 1.165) is 32.1 Å². The van der Waals surface area contributed by atoms with Gasteiger partial charge in [0.25, 0.3) is 0 Å². The van der Waals surface area contributed by atoms with Crippen LogP contribution in [0.3, 0.4) is 0 Å². The van der Waals surface area contributed by atoms with Crippen LogP contribution in [0.1, 0.15) is 296 Å². The van der Waals surface area contributed by atoms with Gasteiger partial charge < -0.3 is 15.5 Å². The molecule has 0 aliphatic carbocycles. The molecule has 0 saturated carbocycles. The molecular formula is C56H107NO3. The maximum atomic E-state index is 12.4. The van der Waals surface area contributed by atoms with Crippen LogP contribution in [-0.4, -0.2) is 34.9 Å². The van der Waals surface area contributed by atoms with Crippen molar-refractivity contribution in [2.75, 3.05) is 6.61 Å². The summed E-state index contributed by atoms with van der Waals surface area (Å²) in [6, 6.07) is -0.638. The molecule has 0 fully saturated rings. The maximum absolute atomic E-state index is 12.4. The summed E-state index contributed by atoms with van der Waals surface area (Å²) in [7, 11) is 0. The van der Waals surface area contributed by atoms with E-state index in [4.69, 9.17) is 0 Å². The number of carbonyl (C=O) groups is 1. The third kappa shape index (κ3) is 47.7. The standard InChI is InChI=1S/C56H107NO3/c1-3-5-7-9-11-13-15-17-19-21-23-24-25-26-27-28-29-30-31-32-33-34-36-38-40-42-44-46-48-50-52-56(60)57-54(53-58)55(59)51-49-47-45-43-41-39-37-35-22-20-18-16-14-12-10-8-6-4-2/h26-27,41,43,49,51,54-55,58-59H,3-25,28-40,42,44-48,50,52-53H2,1-2H3,(H,57,60)/b27-26-,43-41+,51-49+. The van der Waals surface area contributed by atoms with Crippen LogP contribution in [0, 0.1) is 0 Å². The van der Waals surface area contributed by atoms with Gasteiger partial charge in [0, 0.05) is 6.42 Å². The zero-order valence-electron chi connectivity index (χ0n) is 40.7. The van der Waals surface area contributed by atoms with Gasteiger partial charge in [-0.05, 0) is 57.8 Å². The Morgan fingerprint density at radius 3 is 0.967 bits per heavy atom. The molecule has 0 radical (unpaired) electrons. The van der Waals surface area contributed by atoms with Crippen LogP contribution in [0.15, 0.2) is 36.5 Å². The summed E-state index contributed by atoms with van der Waals surface area (Å²) in [6.07, 6.45) is 70.2. The third-order valence-corrected chi connectivity index (χ3v) is 12.6. The highest BCUT2D eigenvalue weighted by Crippen LogP contribution is 2.16. The molecule has 60 heavy (non-hydrogen) atoms. The molecule has 0 heterocycles. The lowest BCUT2D eigenvalue weighted by Crippen LogP contribution is -2.45. The molecule has 1 amide bonds. The summed E-state index contributed by atoms with van der Waals surface area (Å²) >= 11 is 0. The molecule has 354 valence electrons. The second-order valence-electron chi connectivity index (χ2n) is 18.6. The SMILES string of the molecule is CCCCCCCCCCCCCC/C=C\CCCCCCCCCCCCCCCCC(=O)NC(CO)C(O)/C=C/CC/C=C/CCCCCCCCCCCCCC. The van der Waals surface area contributed by atoms with Crippen molar-refractivity contribution >= 4 is 5.91 Å². The number of carbonyl (C=O) groups excluding carboxylic acids is 1. The van der Waals surface area contributed by atoms with Crippen molar-refractivity contribution < 1.29 is 15.0 Å². The van der Waals surface area contributed by atoms with Crippen molar-refractivity contribution in [3.8, 4) is 0 Å². The minimum Gasteiger partial charge on any atom is -0.394 e. The third-order valence-electron chi connectivity index (χ3n) is 12.6.